The molecule has 0 spiro atoms. The highest BCUT2D eigenvalue weighted by Crippen LogP contribution is 1.98. The molecule has 0 saturated heterocycles. The first kappa shape index (κ1) is 13.6. The fraction of sp³-hybridized carbons (Fsp3) is 0.375. The minimum absolute atomic E-state index is 0.000962. The van der Waals surface area contributed by atoms with Crippen molar-refractivity contribution in [2.75, 3.05) is 13.2 Å². The van der Waals surface area contributed by atoms with Crippen molar-refractivity contribution in [1.29, 1.82) is 0 Å². The number of amides is 1. The van der Waals surface area contributed by atoms with Gasteiger partial charge in [0, 0.05) is 6.54 Å². The van der Waals surface area contributed by atoms with Crippen molar-refractivity contribution in [1.82, 2.24) is 14.9 Å². The Morgan fingerprint density at radius 2 is 2.22 bits per heavy atom. The van der Waals surface area contributed by atoms with E-state index in [0.29, 0.717) is 10.8 Å². The summed E-state index contributed by atoms with van der Waals surface area (Å²) >= 11 is 0. The van der Waals surface area contributed by atoms with Crippen LogP contribution in [0.15, 0.2) is 15.8 Å². The third-order valence-corrected chi connectivity index (χ3v) is 1.94. The average molecular weight is 258 g/mol. The molecule has 0 saturated carbocycles. The predicted molar refractivity (Wildman–Crippen MR) is 58.1 cm³/mol. The van der Waals surface area contributed by atoms with Crippen LogP contribution in [0.1, 0.15) is 0 Å². The van der Waals surface area contributed by atoms with Crippen LogP contribution < -0.4 is 16.6 Å². The van der Waals surface area contributed by atoms with Crippen molar-refractivity contribution in [2.24, 2.45) is 0 Å². The van der Waals surface area contributed by atoms with Gasteiger partial charge in [0.15, 0.2) is 0 Å². The van der Waals surface area contributed by atoms with E-state index in [4.69, 9.17) is 5.11 Å². The van der Waals surface area contributed by atoms with Crippen LogP contribution in [-0.2, 0) is 11.3 Å². The third kappa shape index (κ3) is 3.25. The molecule has 0 fully saturated rings. The molecule has 1 amide bonds. The number of hydrogen-bond donors (Lipinski definition) is 3. The number of carbonyl (C=O) groups is 1. The van der Waals surface area contributed by atoms with Crippen LogP contribution in [0.25, 0.3) is 0 Å². The lowest BCUT2D eigenvalue weighted by Crippen LogP contribution is -2.37. The Balaban J connectivity index is 2.99. The van der Waals surface area contributed by atoms with Gasteiger partial charge in [0.25, 0.3) is 0 Å². The Morgan fingerprint density at radius 3 is 2.78 bits per heavy atom. The van der Waals surface area contributed by atoms with Gasteiger partial charge in [-0.2, -0.15) is 0 Å². The molecule has 10 nitrogen and oxygen atoms in total. The van der Waals surface area contributed by atoms with Gasteiger partial charge in [-0.05, 0) is 0 Å². The Bertz CT molecular complexity index is 574. The van der Waals surface area contributed by atoms with Crippen LogP contribution in [0.3, 0.4) is 0 Å². The van der Waals surface area contributed by atoms with E-state index >= 15 is 0 Å². The smallest absolute Gasteiger partial charge is 0.350 e. The molecule has 0 unspecified atom stereocenters. The van der Waals surface area contributed by atoms with E-state index in [9.17, 15) is 24.5 Å². The number of hydrogen-bond acceptors (Lipinski definition) is 6. The summed E-state index contributed by atoms with van der Waals surface area (Å²) in [5.41, 5.74) is -2.88. The molecule has 10 heteroatoms. The first-order chi connectivity index (χ1) is 8.45. The highest BCUT2D eigenvalue weighted by molar-refractivity contribution is 5.75. The summed E-state index contributed by atoms with van der Waals surface area (Å²) in [7, 11) is 0. The lowest BCUT2D eigenvalue weighted by atomic mass is 10.5. The number of aliphatic hydroxyl groups excluding tert-OH is 1. The quantitative estimate of drug-likeness (QED) is 0.394. The molecule has 0 atom stereocenters. The number of aromatic amines is 1. The molecule has 0 radical (unpaired) electrons. The van der Waals surface area contributed by atoms with Gasteiger partial charge in [0.2, 0.25) is 5.91 Å². The zero-order valence-electron chi connectivity index (χ0n) is 9.08. The highest BCUT2D eigenvalue weighted by atomic mass is 16.6. The molecule has 0 aliphatic carbocycles. The van der Waals surface area contributed by atoms with Gasteiger partial charge in [-0.1, -0.05) is 0 Å². The van der Waals surface area contributed by atoms with Crippen molar-refractivity contribution in [3.8, 4) is 0 Å². The first-order valence-electron chi connectivity index (χ1n) is 4.81. The average Bonchev–Trinajstić information content (AvgIpc) is 2.29. The number of nitrogens with zero attached hydrogens (tertiary/aromatic N) is 2. The summed E-state index contributed by atoms with van der Waals surface area (Å²) in [5.74, 6) is -0.618. The molecule has 0 aliphatic heterocycles. The Labute approximate surface area is 99.0 Å². The molecule has 0 aliphatic rings. The molecule has 1 aromatic heterocycles. The molecule has 1 rings (SSSR count). The fourth-order valence-corrected chi connectivity index (χ4v) is 1.15. The van der Waals surface area contributed by atoms with Crippen molar-refractivity contribution in [3.63, 3.8) is 0 Å². The van der Waals surface area contributed by atoms with Crippen molar-refractivity contribution in [2.45, 2.75) is 6.54 Å². The number of aromatic nitrogens is 2. The second-order valence-corrected chi connectivity index (χ2v) is 3.23. The van der Waals surface area contributed by atoms with E-state index in [1.54, 1.807) is 4.98 Å². The number of carbonyl (C=O) groups excluding carboxylic acids is 1. The zero-order chi connectivity index (χ0) is 13.7. The topological polar surface area (TPSA) is 147 Å². The van der Waals surface area contributed by atoms with Gasteiger partial charge < -0.3 is 10.4 Å². The van der Waals surface area contributed by atoms with Crippen LogP contribution in [0.5, 0.6) is 0 Å². The largest absolute Gasteiger partial charge is 0.395 e. The van der Waals surface area contributed by atoms with Gasteiger partial charge in [-0.15, -0.1) is 0 Å². The van der Waals surface area contributed by atoms with Crippen LogP contribution >= 0.6 is 0 Å². The second-order valence-electron chi connectivity index (χ2n) is 3.23. The second kappa shape index (κ2) is 5.72. The van der Waals surface area contributed by atoms with E-state index in [1.165, 1.54) is 0 Å². The number of aliphatic hydroxyl groups is 1. The standard InChI is InChI=1S/C8H10N4O6/c13-2-1-9-6(14)4-11-3-5(12(17)18)7(15)10-8(11)16/h3,13H,1-2,4H2,(H,9,14)(H,10,15,16). The van der Waals surface area contributed by atoms with E-state index in [0.717, 1.165) is 0 Å². The van der Waals surface area contributed by atoms with Crippen LogP contribution in [0.4, 0.5) is 5.69 Å². The minimum atomic E-state index is -1.13. The Hall–Kier alpha value is -2.49. The Morgan fingerprint density at radius 1 is 1.56 bits per heavy atom. The number of rotatable bonds is 5. The van der Waals surface area contributed by atoms with Gasteiger partial charge in [-0.3, -0.25) is 29.3 Å². The van der Waals surface area contributed by atoms with Crippen molar-refractivity contribution >= 4 is 11.6 Å². The molecule has 18 heavy (non-hydrogen) atoms. The maximum atomic E-state index is 11.3. The van der Waals surface area contributed by atoms with Gasteiger partial charge >= 0.3 is 16.9 Å². The summed E-state index contributed by atoms with van der Waals surface area (Å²) in [6.45, 7) is -0.762. The van der Waals surface area contributed by atoms with Crippen LogP contribution in [-0.4, -0.2) is 38.6 Å². The maximum absolute atomic E-state index is 11.3. The summed E-state index contributed by atoms with van der Waals surface area (Å²) in [4.78, 5) is 44.8. The molecule has 1 heterocycles. The minimum Gasteiger partial charge on any atom is -0.395 e. The zero-order valence-corrected chi connectivity index (χ0v) is 9.08. The van der Waals surface area contributed by atoms with Crippen molar-refractivity contribution < 1.29 is 14.8 Å². The molecule has 1 aromatic rings. The molecule has 0 bridgehead atoms. The monoisotopic (exact) mass is 258 g/mol. The number of nitro groups is 1. The van der Waals surface area contributed by atoms with E-state index in [1.807, 2.05) is 0 Å². The van der Waals surface area contributed by atoms with Crippen molar-refractivity contribution in [3.05, 3.63) is 37.1 Å². The summed E-state index contributed by atoms with van der Waals surface area (Å²) in [6.07, 6.45) is 0.694. The maximum Gasteiger partial charge on any atom is 0.350 e. The number of nitrogens with one attached hydrogen (secondary N) is 2. The van der Waals surface area contributed by atoms with Gasteiger partial charge in [-0.25, -0.2) is 4.79 Å². The fourth-order valence-electron chi connectivity index (χ4n) is 1.15. The molecule has 3 N–H and O–H groups in total. The van der Waals surface area contributed by atoms with Crippen LogP contribution in [0.2, 0.25) is 0 Å². The molecular formula is C8H10N4O6. The first-order valence-corrected chi connectivity index (χ1v) is 4.81. The highest BCUT2D eigenvalue weighted by Gasteiger charge is 2.15. The lowest BCUT2D eigenvalue weighted by Gasteiger charge is -2.05. The summed E-state index contributed by atoms with van der Waals surface area (Å²) in [5, 5.41) is 21.2. The van der Waals surface area contributed by atoms with Gasteiger partial charge in [0.05, 0.1) is 17.7 Å². The molecule has 98 valence electrons. The molecular weight excluding hydrogens is 248 g/mol. The summed E-state index contributed by atoms with van der Waals surface area (Å²) in [6, 6.07) is 0. The van der Waals surface area contributed by atoms with E-state index in [2.05, 4.69) is 5.32 Å². The predicted octanol–water partition coefficient (Wildman–Crippen LogP) is -2.45. The van der Waals surface area contributed by atoms with Crippen LogP contribution in [0, 0.1) is 10.1 Å². The normalized spacial score (nSPS) is 10.1. The van der Waals surface area contributed by atoms with Gasteiger partial charge in [0.1, 0.15) is 6.54 Å². The number of H-pyrrole nitrogens is 1. The van der Waals surface area contributed by atoms with E-state index in [-0.39, 0.29) is 13.2 Å². The Kier molecular flexibility index (Phi) is 4.32. The summed E-state index contributed by atoms with van der Waals surface area (Å²) < 4.78 is 0.701. The van der Waals surface area contributed by atoms with E-state index < -0.39 is 34.3 Å². The molecule has 0 aromatic carbocycles. The third-order valence-electron chi connectivity index (χ3n) is 1.94. The SMILES string of the molecule is O=C(Cn1cc([N+](=O)[O-])c(=O)[nH]c1=O)NCCO. The lowest BCUT2D eigenvalue weighted by molar-refractivity contribution is -0.386.